The Morgan fingerprint density at radius 3 is 1.40 bits per heavy atom. The molecule has 0 spiro atoms. The van der Waals surface area contributed by atoms with Crippen LogP contribution >= 0.6 is 22.6 Å². The maximum absolute atomic E-state index is 3.35. The van der Waals surface area contributed by atoms with E-state index in [-0.39, 0.29) is 0 Å². The highest BCUT2D eigenvalue weighted by Gasteiger charge is 1.18. The van der Waals surface area contributed by atoms with Gasteiger partial charge in [0.05, 0.1) is 0 Å². The fraction of sp³-hybridized carbons (Fsp3) is 0. The van der Waals surface area contributed by atoms with Crippen molar-refractivity contribution in [3.8, 4) is 0 Å². The van der Waals surface area contributed by atoms with E-state index in [1.807, 2.05) is 0 Å². The SMILES string of the molecule is C=C.C=CI. The van der Waals surface area contributed by atoms with Crippen molar-refractivity contribution in [1.29, 1.82) is 0 Å². The van der Waals surface area contributed by atoms with Gasteiger partial charge in [-0.3, -0.25) is 0 Å². The second kappa shape index (κ2) is 29.6. The lowest BCUT2D eigenvalue weighted by Crippen LogP contribution is -0.888. The minimum Gasteiger partial charge on any atom is -0.106 e. The smallest absolute Gasteiger partial charge is 0.0306 e. The summed E-state index contributed by atoms with van der Waals surface area (Å²) in [7, 11) is 0. The van der Waals surface area contributed by atoms with E-state index in [0.717, 1.165) is 0 Å². The lowest BCUT2D eigenvalue weighted by molar-refractivity contribution is 2.76. The van der Waals surface area contributed by atoms with Crippen LogP contribution in [0.15, 0.2) is 23.8 Å². The molecule has 0 saturated carbocycles. The van der Waals surface area contributed by atoms with E-state index < -0.39 is 0 Å². The van der Waals surface area contributed by atoms with Crippen molar-refractivity contribution in [3.63, 3.8) is 0 Å². The Balaban J connectivity index is 0. The van der Waals surface area contributed by atoms with E-state index in [0.29, 0.717) is 0 Å². The summed E-state index contributed by atoms with van der Waals surface area (Å²) in [5.74, 6) is 0. The largest absolute Gasteiger partial charge is 0.106 e. The molecule has 0 atom stereocenters. The van der Waals surface area contributed by atoms with Gasteiger partial charge in [0.2, 0.25) is 0 Å². The first-order valence-corrected chi connectivity index (χ1v) is 2.37. The Morgan fingerprint density at radius 1 is 1.40 bits per heavy atom. The predicted molar refractivity (Wildman–Crippen MR) is 35.5 cm³/mol. The van der Waals surface area contributed by atoms with Crippen LogP contribution in [-0.2, 0) is 0 Å². The van der Waals surface area contributed by atoms with Crippen LogP contribution in [0.1, 0.15) is 0 Å². The maximum Gasteiger partial charge on any atom is -0.0306 e. The minimum atomic E-state index is 1.72. The molecule has 0 nitrogen and oxygen atoms in total. The van der Waals surface area contributed by atoms with Crippen LogP contribution in [0.25, 0.3) is 0 Å². The van der Waals surface area contributed by atoms with E-state index in [4.69, 9.17) is 0 Å². The fourth-order valence-electron chi connectivity index (χ4n) is 0. The summed E-state index contributed by atoms with van der Waals surface area (Å²) in [5.41, 5.74) is 0. The molecule has 0 aliphatic rings. The molecular formula is C4H7I. The minimum absolute atomic E-state index is 1.72. The van der Waals surface area contributed by atoms with Crippen molar-refractivity contribution in [2.45, 2.75) is 0 Å². The Morgan fingerprint density at radius 2 is 1.40 bits per heavy atom. The normalized spacial score (nSPS) is 3.40. The summed E-state index contributed by atoms with van der Waals surface area (Å²) in [5, 5.41) is 0. The summed E-state index contributed by atoms with van der Waals surface area (Å²) in [6.07, 6.45) is 0. The van der Waals surface area contributed by atoms with Crippen LogP contribution < -0.4 is 0 Å². The molecule has 0 saturated heterocycles. The van der Waals surface area contributed by atoms with Crippen LogP contribution in [-0.4, -0.2) is 0 Å². The van der Waals surface area contributed by atoms with Gasteiger partial charge in [-0.15, -0.1) is 13.2 Å². The molecule has 1 heteroatoms. The van der Waals surface area contributed by atoms with Gasteiger partial charge in [-0.05, 0) is 4.08 Å². The Hall–Kier alpha value is 0.210. The number of hydrogen-bond acceptors (Lipinski definition) is 0. The van der Waals surface area contributed by atoms with Crippen molar-refractivity contribution in [2.75, 3.05) is 0 Å². The molecule has 0 aliphatic heterocycles. The topological polar surface area (TPSA) is 0 Å². The monoisotopic (exact) mass is 182 g/mol. The highest BCUT2D eigenvalue weighted by Crippen LogP contribution is 1.70. The molecule has 0 bridgehead atoms. The first-order valence-electron chi connectivity index (χ1n) is 1.13. The summed E-state index contributed by atoms with van der Waals surface area (Å²) >= 11 is 2.05. The van der Waals surface area contributed by atoms with Crippen LogP contribution in [0.4, 0.5) is 0 Å². The standard InChI is InChI=1S/C2H3I.C2H4/c1-2-3;1-2/h2H,1H2;1-2H2. The molecule has 0 aromatic rings. The van der Waals surface area contributed by atoms with Gasteiger partial charge < -0.3 is 0 Å². The molecule has 0 N–H and O–H groups in total. The molecule has 0 unspecified atom stereocenters. The van der Waals surface area contributed by atoms with Crippen molar-refractivity contribution >= 4 is 22.6 Å². The molecular weight excluding hydrogens is 175 g/mol. The summed E-state index contributed by atoms with van der Waals surface area (Å²) in [4.78, 5) is 0. The lowest BCUT2D eigenvalue weighted by atomic mass is 11.3. The third-order valence-corrected chi connectivity index (χ3v) is 0. The number of hydrogen-bond donors (Lipinski definition) is 0. The van der Waals surface area contributed by atoms with Crippen LogP contribution in [0.3, 0.4) is 0 Å². The molecule has 0 radical (unpaired) electrons. The molecule has 0 aromatic heterocycles. The van der Waals surface area contributed by atoms with Crippen LogP contribution in [0.5, 0.6) is 0 Å². The molecule has 0 aromatic carbocycles. The summed E-state index contributed by atoms with van der Waals surface area (Å²) in [6.45, 7) is 9.35. The molecule has 0 heterocycles. The van der Waals surface area contributed by atoms with Gasteiger partial charge in [-0.2, -0.15) is 0 Å². The predicted octanol–water partition coefficient (Wildman–Crippen LogP) is 2.37. The first-order chi connectivity index (χ1) is 2.41. The molecule has 0 fully saturated rings. The van der Waals surface area contributed by atoms with Gasteiger partial charge >= 0.3 is 0 Å². The van der Waals surface area contributed by atoms with Gasteiger partial charge in [0.1, 0.15) is 0 Å². The van der Waals surface area contributed by atoms with Crippen molar-refractivity contribution in [3.05, 3.63) is 23.8 Å². The summed E-state index contributed by atoms with van der Waals surface area (Å²) in [6, 6.07) is 0. The molecule has 30 valence electrons. The van der Waals surface area contributed by atoms with Crippen molar-refractivity contribution < 1.29 is 0 Å². The maximum atomic E-state index is 3.35. The zero-order chi connectivity index (χ0) is 4.71. The number of halogens is 1. The second-order valence-electron chi connectivity index (χ2n) is 0.154. The van der Waals surface area contributed by atoms with Crippen LogP contribution in [0.2, 0.25) is 0 Å². The van der Waals surface area contributed by atoms with E-state index in [1.165, 1.54) is 0 Å². The quantitative estimate of drug-likeness (QED) is 0.398. The zero-order valence-electron chi connectivity index (χ0n) is 3.08. The molecule has 5 heavy (non-hydrogen) atoms. The molecule has 0 amide bonds. The highest BCUT2D eigenvalue weighted by molar-refractivity contribution is 14.1. The highest BCUT2D eigenvalue weighted by atomic mass is 127. The Bertz CT molecular complexity index is 17.6. The van der Waals surface area contributed by atoms with Crippen LogP contribution in [0, 0.1) is 0 Å². The third-order valence-electron chi connectivity index (χ3n) is 0. The van der Waals surface area contributed by atoms with E-state index in [1.54, 1.807) is 4.08 Å². The van der Waals surface area contributed by atoms with Gasteiger partial charge in [0, 0.05) is 0 Å². The fourth-order valence-corrected chi connectivity index (χ4v) is 0. The van der Waals surface area contributed by atoms with E-state index in [2.05, 4.69) is 42.3 Å². The average Bonchev–Trinajstić information content (AvgIpc) is 1.46. The summed E-state index contributed by atoms with van der Waals surface area (Å²) < 4.78 is 1.72. The Labute approximate surface area is 46.7 Å². The molecule has 0 aliphatic carbocycles. The van der Waals surface area contributed by atoms with Crippen molar-refractivity contribution in [1.82, 2.24) is 0 Å². The molecule has 0 rings (SSSR count). The van der Waals surface area contributed by atoms with E-state index >= 15 is 0 Å². The number of rotatable bonds is 0. The second-order valence-corrected chi connectivity index (χ2v) is 1.04. The van der Waals surface area contributed by atoms with Gasteiger partial charge in [-0.25, -0.2) is 0 Å². The third kappa shape index (κ3) is 466. The first kappa shape index (κ1) is 8.96. The van der Waals surface area contributed by atoms with E-state index in [9.17, 15) is 0 Å². The Kier molecular flexibility index (Phi) is 53.1. The van der Waals surface area contributed by atoms with Gasteiger partial charge in [0.15, 0.2) is 0 Å². The average molecular weight is 182 g/mol. The zero-order valence-corrected chi connectivity index (χ0v) is 5.23. The van der Waals surface area contributed by atoms with Gasteiger partial charge in [-0.1, -0.05) is 29.2 Å². The van der Waals surface area contributed by atoms with Crippen molar-refractivity contribution in [2.24, 2.45) is 0 Å². The van der Waals surface area contributed by atoms with Gasteiger partial charge in [0.25, 0.3) is 0 Å². The lowest BCUT2D eigenvalue weighted by Gasteiger charge is -1.27.